The SMILES string of the molecule is CCN(CC)Cc1c(F)cc(-n2cc(C)cc(C)c2=O)cc1F.CCN(CC)Cc1ccc(-n2c(C)nc(C)cc2=O)cc1F.CCN(CC)Cc1ccc(-n2cc(C)cc(C)c2=O)cc1F.Cc1cc(C)c(=O)n(-c2ccc(CN3CCOCC3)c(F)c2)c1.Cc1ccc(=O)n(-c2ccc(CN3CCOCC3)c(F)c2)c1.Cc1cccn(-c2ccc(CN3CCN(C)CC3)c(F)c2)c1=O. The Labute approximate surface area is 787 Å². The van der Waals surface area contributed by atoms with Gasteiger partial charge in [0.15, 0.2) is 0 Å². The maximum atomic E-state index is 14.5. The van der Waals surface area contributed by atoms with Crippen molar-refractivity contribution in [2.45, 2.75) is 150 Å². The Morgan fingerprint density at radius 1 is 0.319 bits per heavy atom. The topological polar surface area (TPSA) is 186 Å². The number of nitrogens with zero attached hydrogens (tertiary/aromatic N) is 14. The molecule has 0 aliphatic carbocycles. The predicted octanol–water partition coefficient (Wildman–Crippen LogP) is 16.4. The Morgan fingerprint density at radius 2 is 0.652 bits per heavy atom. The van der Waals surface area contributed by atoms with Gasteiger partial charge in [-0.05, 0) is 235 Å². The smallest absolute Gasteiger partial charge is 0.258 e. The zero-order valence-corrected chi connectivity index (χ0v) is 81.0. The van der Waals surface area contributed by atoms with E-state index in [0.29, 0.717) is 162 Å². The van der Waals surface area contributed by atoms with Crippen LogP contribution in [0.2, 0.25) is 0 Å². The quantitative estimate of drug-likeness (QED) is 0.0520. The Hall–Kier alpha value is -11.9. The molecule has 720 valence electrons. The van der Waals surface area contributed by atoms with Crippen LogP contribution in [0.5, 0.6) is 0 Å². The highest BCUT2D eigenvalue weighted by Crippen LogP contribution is 2.25. The van der Waals surface area contributed by atoms with Gasteiger partial charge in [0, 0.05) is 196 Å². The van der Waals surface area contributed by atoms with Crippen LogP contribution in [0.1, 0.15) is 131 Å². The van der Waals surface area contributed by atoms with Crippen molar-refractivity contribution in [3.05, 3.63) is 375 Å². The van der Waals surface area contributed by atoms with E-state index in [9.17, 15) is 59.5 Å². The van der Waals surface area contributed by atoms with Crippen molar-refractivity contribution >= 4 is 0 Å². The summed E-state index contributed by atoms with van der Waals surface area (Å²) in [5, 5.41) is 0. The predicted molar refractivity (Wildman–Crippen MR) is 522 cm³/mol. The van der Waals surface area contributed by atoms with Gasteiger partial charge in [0.05, 0.1) is 60.6 Å². The van der Waals surface area contributed by atoms with Gasteiger partial charge in [0.1, 0.15) is 46.5 Å². The number of rotatable bonds is 24. The summed E-state index contributed by atoms with van der Waals surface area (Å²) in [6, 6.07) is 41.1. The molecule has 0 radical (unpaired) electrons. The van der Waals surface area contributed by atoms with Crippen LogP contribution in [0.3, 0.4) is 0 Å². The van der Waals surface area contributed by atoms with Gasteiger partial charge in [-0.15, -0.1) is 0 Å². The molecule has 0 spiro atoms. The Balaban J connectivity index is 0.000000168. The van der Waals surface area contributed by atoms with Crippen LogP contribution in [-0.2, 0) is 48.7 Å². The summed E-state index contributed by atoms with van der Waals surface area (Å²) in [6.45, 7) is 48.3. The number of aryl methyl sites for hydroxylation is 10. The van der Waals surface area contributed by atoms with Crippen molar-refractivity contribution in [2.75, 3.05) is 125 Å². The fourth-order valence-corrected chi connectivity index (χ4v) is 16.1. The molecule has 29 heteroatoms. The monoisotopic (exact) mass is 1860 g/mol. The highest BCUT2D eigenvalue weighted by atomic mass is 19.2. The highest BCUT2D eigenvalue weighted by Gasteiger charge is 2.23. The van der Waals surface area contributed by atoms with Crippen LogP contribution >= 0.6 is 0 Å². The summed E-state index contributed by atoms with van der Waals surface area (Å²) in [4.78, 5) is 92.2. The number of benzene rings is 6. The molecule has 0 N–H and O–H groups in total. The molecule has 0 saturated carbocycles. The molecule has 6 aromatic carbocycles. The Bertz CT molecular complexity index is 6390. The second-order valence-corrected chi connectivity index (χ2v) is 34.5. The van der Waals surface area contributed by atoms with Crippen molar-refractivity contribution < 1.29 is 40.2 Å². The molecule has 6 aromatic heterocycles. The first-order valence-corrected chi connectivity index (χ1v) is 46.2. The minimum atomic E-state index is -0.627. The van der Waals surface area contributed by atoms with Crippen LogP contribution in [0.4, 0.5) is 30.7 Å². The van der Waals surface area contributed by atoms with Gasteiger partial charge in [-0.2, -0.15) is 0 Å². The molecule has 3 aliphatic heterocycles. The lowest BCUT2D eigenvalue weighted by Crippen LogP contribution is -2.44. The molecule has 15 rings (SSSR count). The van der Waals surface area contributed by atoms with Crippen molar-refractivity contribution in [1.29, 1.82) is 0 Å². The molecule has 0 unspecified atom stereocenters. The molecule has 3 saturated heterocycles. The zero-order chi connectivity index (χ0) is 98.0. The third-order valence-corrected chi connectivity index (χ3v) is 24.2. The number of halogens is 7. The minimum absolute atomic E-state index is 0.0369. The fraction of sp³-hybridized carbons (Fsp3) is 0.387. The van der Waals surface area contributed by atoms with Crippen molar-refractivity contribution in [1.82, 2.24) is 66.7 Å². The highest BCUT2D eigenvalue weighted by molar-refractivity contribution is 5.44. The molecule has 12 aromatic rings. The molecular weight excluding hydrogens is 1730 g/mol. The minimum Gasteiger partial charge on any atom is -0.379 e. The van der Waals surface area contributed by atoms with Crippen LogP contribution in [-0.4, -0.2) is 192 Å². The van der Waals surface area contributed by atoms with Gasteiger partial charge in [-0.1, -0.05) is 84.0 Å². The summed E-state index contributed by atoms with van der Waals surface area (Å²) in [7, 11) is 2.10. The lowest BCUT2D eigenvalue weighted by molar-refractivity contribution is 0.0337. The summed E-state index contributed by atoms with van der Waals surface area (Å²) >= 11 is 0. The second kappa shape index (κ2) is 50.1. The Kier molecular flexibility index (Phi) is 39.0. The van der Waals surface area contributed by atoms with Gasteiger partial charge in [-0.25, -0.2) is 35.7 Å². The number of hydrogen-bond donors (Lipinski definition) is 0. The molecule has 3 aliphatic rings. The standard InChI is InChI=1S/C18H22F2N2O.C18H22FN3O.C18H21FN2O2.C18H23FN2O.C17H22FN3O.C17H19FN2O2/c1-5-21(6-2)11-15-16(19)8-14(9-17(15)20)22-10-12(3)7-13(4)18(22)23;1-14-4-3-7-22(18(14)23)16-6-5-15(17(19)12-16)13-21-10-8-20(2)9-11-21;1-13-9-14(2)18(22)21(11-13)16-4-3-15(17(19)10-16)12-20-5-7-23-8-6-20;1-5-20(6-2)12-15-7-8-16(10-17(15)19)21-11-13(3)9-14(4)18(21)22;1-5-20(6-2)11-14-7-8-15(10-16(14)18)21-13(4)19-12(3)9-17(21)22;1-13-2-5-17(21)20(11-13)15-4-3-14(16(18)10-15)12-19-6-8-22-9-7-19/h7-10H,5-6,11H2,1-4H3;3-7,12H,8-11,13H2,1-2H3;3-4,9-11H,5-8,12H2,1-2H3;7-11H,5-6,12H2,1-4H3;7-10H,5-6,11H2,1-4H3;2-5,10-11H,6-9,12H2,1H3. The van der Waals surface area contributed by atoms with Crippen molar-refractivity contribution in [3.63, 3.8) is 0 Å². The first-order chi connectivity index (χ1) is 64.5. The molecule has 9 heterocycles. The van der Waals surface area contributed by atoms with E-state index >= 15 is 0 Å². The third-order valence-electron chi connectivity index (χ3n) is 24.2. The van der Waals surface area contributed by atoms with Gasteiger partial charge in [0.2, 0.25) is 0 Å². The van der Waals surface area contributed by atoms with Gasteiger partial charge in [-0.3, -0.25) is 85.6 Å². The van der Waals surface area contributed by atoms with Gasteiger partial charge in [0.25, 0.3) is 33.4 Å². The zero-order valence-electron chi connectivity index (χ0n) is 81.0. The molecule has 0 amide bonds. The number of ether oxygens (including phenoxy) is 2. The van der Waals surface area contributed by atoms with E-state index in [0.717, 1.165) is 101 Å². The van der Waals surface area contributed by atoms with Crippen LogP contribution in [0.15, 0.2) is 211 Å². The maximum absolute atomic E-state index is 14.5. The maximum Gasteiger partial charge on any atom is 0.258 e. The van der Waals surface area contributed by atoms with E-state index in [-0.39, 0.29) is 80.2 Å². The van der Waals surface area contributed by atoms with Crippen molar-refractivity contribution in [3.8, 4) is 34.1 Å². The normalized spacial score (nSPS) is 13.7. The molecular formula is C106H129F7N14O8. The van der Waals surface area contributed by atoms with E-state index in [1.807, 2.05) is 70.7 Å². The van der Waals surface area contributed by atoms with Gasteiger partial charge < -0.3 is 14.4 Å². The number of morpholine rings is 2. The molecule has 22 nitrogen and oxygen atoms in total. The summed E-state index contributed by atoms with van der Waals surface area (Å²) in [5.41, 5.74) is 12.2. The Morgan fingerprint density at radius 3 is 1.04 bits per heavy atom. The van der Waals surface area contributed by atoms with Crippen LogP contribution in [0, 0.1) is 110 Å². The average molecular weight is 1860 g/mol. The summed E-state index contributed by atoms with van der Waals surface area (Å²) in [6.07, 6.45) is 8.47. The van der Waals surface area contributed by atoms with Crippen LogP contribution in [0.25, 0.3) is 34.1 Å². The largest absolute Gasteiger partial charge is 0.379 e. The summed E-state index contributed by atoms with van der Waals surface area (Å²) < 4.78 is 120. The number of aromatic nitrogens is 7. The third kappa shape index (κ3) is 29.1. The van der Waals surface area contributed by atoms with Gasteiger partial charge >= 0.3 is 0 Å². The van der Waals surface area contributed by atoms with E-state index < -0.39 is 11.6 Å². The molecule has 135 heavy (non-hydrogen) atoms. The van der Waals surface area contributed by atoms with Crippen LogP contribution < -0.4 is 33.4 Å². The van der Waals surface area contributed by atoms with E-state index in [4.69, 9.17) is 9.47 Å². The number of hydrogen-bond acceptors (Lipinski definition) is 16. The number of pyridine rings is 5. The summed E-state index contributed by atoms with van der Waals surface area (Å²) in [5.74, 6) is -2.07. The first kappa shape index (κ1) is 105. The molecule has 0 bridgehead atoms. The molecule has 0 atom stereocenters. The van der Waals surface area contributed by atoms with E-state index in [1.54, 1.807) is 145 Å². The molecule has 3 fully saturated rings. The van der Waals surface area contributed by atoms with E-state index in [2.05, 4.69) is 69.1 Å². The lowest BCUT2D eigenvalue weighted by Gasteiger charge is -2.32. The number of piperazine rings is 1. The lowest BCUT2D eigenvalue weighted by atomic mass is 10.1. The fourth-order valence-electron chi connectivity index (χ4n) is 16.1. The van der Waals surface area contributed by atoms with E-state index in [1.165, 1.54) is 82.0 Å². The van der Waals surface area contributed by atoms with Crippen molar-refractivity contribution in [2.24, 2.45) is 0 Å². The second-order valence-electron chi connectivity index (χ2n) is 34.5. The average Bonchev–Trinajstić information content (AvgIpc) is 0.782. The first-order valence-electron chi connectivity index (χ1n) is 46.2. The number of likely N-dealkylation sites (N-methyl/N-ethyl adjacent to an activating group) is 1.